The van der Waals surface area contributed by atoms with Gasteiger partial charge in [0.2, 0.25) is 0 Å². The highest BCUT2D eigenvalue weighted by atomic mass is 33.1. The zero-order valence-electron chi connectivity index (χ0n) is 6.60. The van der Waals surface area contributed by atoms with Gasteiger partial charge in [-0.1, -0.05) is 17.7 Å². The van der Waals surface area contributed by atoms with Gasteiger partial charge in [0.25, 0.3) is 0 Å². The van der Waals surface area contributed by atoms with Gasteiger partial charge in [0.05, 0.1) is 0 Å². The van der Waals surface area contributed by atoms with Crippen molar-refractivity contribution in [2.45, 2.75) is 31.9 Å². The Labute approximate surface area is 70.2 Å². The maximum absolute atomic E-state index is 6.97. The standard InChI is InChI=1S/C6H14N2S2/c1-4-6(2,3)10-9-5(7)8/h4H2,1-3H3,(H3,7,8). The molecule has 0 heterocycles. The van der Waals surface area contributed by atoms with Crippen molar-refractivity contribution < 1.29 is 0 Å². The van der Waals surface area contributed by atoms with Crippen LogP contribution in [0.5, 0.6) is 0 Å². The van der Waals surface area contributed by atoms with Crippen molar-refractivity contribution in [3.8, 4) is 0 Å². The van der Waals surface area contributed by atoms with Crippen LogP contribution in [0.25, 0.3) is 0 Å². The molecule has 0 aliphatic carbocycles. The molecule has 0 aliphatic rings. The van der Waals surface area contributed by atoms with Gasteiger partial charge in [-0.05, 0) is 31.1 Å². The van der Waals surface area contributed by atoms with Gasteiger partial charge in [0.1, 0.15) is 0 Å². The van der Waals surface area contributed by atoms with Crippen molar-refractivity contribution >= 4 is 26.8 Å². The summed E-state index contributed by atoms with van der Waals surface area (Å²) in [5.74, 6) is 0. The second-order valence-corrected chi connectivity index (χ2v) is 5.52. The van der Waals surface area contributed by atoms with Crippen molar-refractivity contribution in [1.29, 1.82) is 5.41 Å². The molecule has 0 radical (unpaired) electrons. The van der Waals surface area contributed by atoms with Gasteiger partial charge in [-0.15, -0.1) is 0 Å². The van der Waals surface area contributed by atoms with E-state index >= 15 is 0 Å². The van der Waals surface area contributed by atoms with E-state index < -0.39 is 0 Å². The Bertz CT molecular complexity index is 123. The first kappa shape index (κ1) is 10.2. The first-order valence-electron chi connectivity index (χ1n) is 3.17. The Morgan fingerprint density at radius 3 is 2.40 bits per heavy atom. The molecule has 0 saturated heterocycles. The van der Waals surface area contributed by atoms with Crippen LogP contribution in [0.4, 0.5) is 0 Å². The Balaban J connectivity index is 3.56. The van der Waals surface area contributed by atoms with Crippen LogP contribution in [0.2, 0.25) is 0 Å². The minimum absolute atomic E-state index is 0.187. The van der Waals surface area contributed by atoms with E-state index in [-0.39, 0.29) is 9.91 Å². The number of amidine groups is 1. The van der Waals surface area contributed by atoms with E-state index in [1.807, 2.05) is 0 Å². The SMILES string of the molecule is CCC(C)(C)SSC(=N)N. The average Bonchev–Trinajstić information content (AvgIpc) is 1.85. The van der Waals surface area contributed by atoms with Crippen LogP contribution >= 0.6 is 21.6 Å². The molecule has 0 atom stereocenters. The van der Waals surface area contributed by atoms with Crippen molar-refractivity contribution in [2.75, 3.05) is 0 Å². The topological polar surface area (TPSA) is 49.9 Å². The lowest BCUT2D eigenvalue weighted by molar-refractivity contribution is 0.690. The summed E-state index contributed by atoms with van der Waals surface area (Å²) in [6, 6.07) is 0. The van der Waals surface area contributed by atoms with Crippen molar-refractivity contribution in [2.24, 2.45) is 5.73 Å². The van der Waals surface area contributed by atoms with E-state index in [0.29, 0.717) is 0 Å². The molecule has 10 heavy (non-hydrogen) atoms. The highest BCUT2D eigenvalue weighted by Crippen LogP contribution is 2.37. The van der Waals surface area contributed by atoms with Gasteiger partial charge >= 0.3 is 0 Å². The van der Waals surface area contributed by atoms with E-state index in [1.165, 1.54) is 10.8 Å². The molecule has 0 rings (SSSR count). The molecular weight excluding hydrogens is 164 g/mol. The Kier molecular flexibility index (Phi) is 4.20. The van der Waals surface area contributed by atoms with Crippen LogP contribution in [-0.2, 0) is 0 Å². The van der Waals surface area contributed by atoms with Crippen LogP contribution in [0.3, 0.4) is 0 Å². The third-order valence-corrected chi connectivity index (χ3v) is 4.35. The summed E-state index contributed by atoms with van der Waals surface area (Å²) < 4.78 is 0.232. The van der Waals surface area contributed by atoms with Crippen LogP contribution < -0.4 is 5.73 Å². The molecule has 0 amide bonds. The molecule has 0 aromatic heterocycles. The minimum atomic E-state index is 0.187. The quantitative estimate of drug-likeness (QED) is 0.396. The van der Waals surface area contributed by atoms with Crippen molar-refractivity contribution in [3.05, 3.63) is 0 Å². The average molecular weight is 178 g/mol. The number of hydrogen-bond donors (Lipinski definition) is 2. The van der Waals surface area contributed by atoms with Crippen LogP contribution in [0.1, 0.15) is 27.2 Å². The molecular formula is C6H14N2S2. The fraction of sp³-hybridized carbons (Fsp3) is 0.833. The number of nitrogens with one attached hydrogen (secondary N) is 1. The van der Waals surface area contributed by atoms with Gasteiger partial charge in [-0.25, -0.2) is 0 Å². The second-order valence-electron chi connectivity index (χ2n) is 2.64. The maximum atomic E-state index is 6.97. The summed E-state index contributed by atoms with van der Waals surface area (Å²) in [6.07, 6.45) is 1.10. The van der Waals surface area contributed by atoms with Crippen LogP contribution in [0.15, 0.2) is 0 Å². The summed E-state index contributed by atoms with van der Waals surface area (Å²) in [5.41, 5.74) is 5.18. The molecule has 0 unspecified atom stereocenters. The lowest BCUT2D eigenvalue weighted by Gasteiger charge is -2.19. The van der Waals surface area contributed by atoms with E-state index in [0.717, 1.165) is 6.42 Å². The second kappa shape index (κ2) is 4.13. The predicted molar refractivity (Wildman–Crippen MR) is 51.5 cm³/mol. The van der Waals surface area contributed by atoms with Gasteiger partial charge in [-0.3, -0.25) is 5.41 Å². The zero-order chi connectivity index (χ0) is 8.20. The smallest absolute Gasteiger partial charge is 0.161 e. The summed E-state index contributed by atoms with van der Waals surface area (Å²) in [7, 11) is 2.99. The van der Waals surface area contributed by atoms with E-state index in [2.05, 4.69) is 20.8 Å². The summed E-state index contributed by atoms with van der Waals surface area (Å²) in [5, 5.41) is 7.16. The highest BCUT2D eigenvalue weighted by molar-refractivity contribution is 8.82. The van der Waals surface area contributed by atoms with Gasteiger partial charge < -0.3 is 5.73 Å². The number of nitrogens with two attached hydrogens (primary N) is 1. The maximum Gasteiger partial charge on any atom is 0.161 e. The first-order valence-corrected chi connectivity index (χ1v) is 5.32. The molecule has 0 aromatic rings. The fourth-order valence-corrected chi connectivity index (χ4v) is 1.95. The van der Waals surface area contributed by atoms with Crippen LogP contribution in [0, 0.1) is 5.41 Å². The molecule has 4 heteroatoms. The number of hydrogen-bond acceptors (Lipinski definition) is 3. The molecule has 0 bridgehead atoms. The van der Waals surface area contributed by atoms with Crippen molar-refractivity contribution in [3.63, 3.8) is 0 Å². The normalized spacial score (nSPS) is 11.5. The molecule has 0 spiro atoms. The highest BCUT2D eigenvalue weighted by Gasteiger charge is 2.16. The Morgan fingerprint density at radius 1 is 1.60 bits per heavy atom. The van der Waals surface area contributed by atoms with Crippen molar-refractivity contribution in [1.82, 2.24) is 0 Å². The minimum Gasteiger partial charge on any atom is -0.378 e. The third-order valence-electron chi connectivity index (χ3n) is 1.21. The van der Waals surface area contributed by atoms with Gasteiger partial charge in [0, 0.05) is 4.75 Å². The first-order chi connectivity index (χ1) is 4.48. The van der Waals surface area contributed by atoms with E-state index in [4.69, 9.17) is 11.1 Å². The Morgan fingerprint density at radius 2 is 2.10 bits per heavy atom. The Hall–Kier alpha value is 0.170. The largest absolute Gasteiger partial charge is 0.378 e. The zero-order valence-corrected chi connectivity index (χ0v) is 8.23. The summed E-state index contributed by atoms with van der Waals surface area (Å²) in [4.78, 5) is 0. The molecule has 3 N–H and O–H groups in total. The molecule has 0 aromatic carbocycles. The van der Waals surface area contributed by atoms with Gasteiger partial charge in [-0.2, -0.15) is 0 Å². The summed E-state index contributed by atoms with van der Waals surface area (Å²) >= 11 is 0. The molecule has 0 aliphatic heterocycles. The lowest BCUT2D eigenvalue weighted by atomic mass is 10.1. The number of rotatable bonds is 3. The van der Waals surface area contributed by atoms with Crippen LogP contribution in [-0.4, -0.2) is 9.91 Å². The monoisotopic (exact) mass is 178 g/mol. The lowest BCUT2D eigenvalue weighted by Crippen LogP contribution is -2.12. The van der Waals surface area contributed by atoms with E-state index in [1.54, 1.807) is 10.8 Å². The van der Waals surface area contributed by atoms with Gasteiger partial charge in [0.15, 0.2) is 5.17 Å². The summed E-state index contributed by atoms with van der Waals surface area (Å²) in [6.45, 7) is 6.43. The molecule has 60 valence electrons. The van der Waals surface area contributed by atoms with E-state index in [9.17, 15) is 0 Å². The molecule has 2 nitrogen and oxygen atoms in total. The molecule has 0 fully saturated rings. The predicted octanol–water partition coefficient (Wildman–Crippen LogP) is 2.45. The third kappa shape index (κ3) is 4.99. The fourth-order valence-electron chi connectivity index (χ4n) is 0.217. The molecule has 0 saturated carbocycles.